The van der Waals surface area contributed by atoms with Gasteiger partial charge in [-0.15, -0.1) is 0 Å². The molecule has 0 bridgehead atoms. The smallest absolute Gasteiger partial charge is 0.254 e. The second-order valence-corrected chi connectivity index (χ2v) is 4.22. The van der Waals surface area contributed by atoms with Crippen molar-refractivity contribution in [2.75, 3.05) is 7.11 Å². The van der Waals surface area contributed by atoms with Crippen LogP contribution in [0.2, 0.25) is 0 Å². The fourth-order valence-electron chi connectivity index (χ4n) is 2.26. The van der Waals surface area contributed by atoms with Gasteiger partial charge < -0.3 is 10.1 Å². The van der Waals surface area contributed by atoms with Crippen molar-refractivity contribution in [2.45, 2.75) is 6.54 Å². The van der Waals surface area contributed by atoms with Gasteiger partial charge in [0.15, 0.2) is 0 Å². The third-order valence-corrected chi connectivity index (χ3v) is 3.17. The van der Waals surface area contributed by atoms with Crippen molar-refractivity contribution < 1.29 is 13.9 Å². The van der Waals surface area contributed by atoms with E-state index in [-0.39, 0.29) is 11.5 Å². The number of amides is 1. The molecule has 96 valence electrons. The predicted molar refractivity (Wildman–Crippen MR) is 67.4 cm³/mol. The number of rotatable bonds is 2. The Morgan fingerprint density at radius 1 is 1.37 bits per heavy atom. The monoisotopic (exact) mass is 258 g/mol. The molecule has 1 amide bonds. The zero-order chi connectivity index (χ0) is 13.4. The first kappa shape index (κ1) is 11.6. The maximum absolute atomic E-state index is 13.7. The number of methoxy groups -OCH3 is 1. The number of ether oxygens (including phenoxy) is 1. The minimum atomic E-state index is -0.491. The molecule has 4 nitrogen and oxygen atoms in total. The van der Waals surface area contributed by atoms with Crippen molar-refractivity contribution in [3.63, 3.8) is 0 Å². The fourth-order valence-corrected chi connectivity index (χ4v) is 2.26. The fraction of sp³-hybridized carbons (Fsp3) is 0.143. The van der Waals surface area contributed by atoms with Crippen LogP contribution in [0, 0.1) is 5.82 Å². The molecule has 1 aliphatic heterocycles. The highest BCUT2D eigenvalue weighted by atomic mass is 19.1. The Labute approximate surface area is 109 Å². The first-order chi connectivity index (χ1) is 9.20. The van der Waals surface area contributed by atoms with Crippen LogP contribution in [0.1, 0.15) is 15.9 Å². The quantitative estimate of drug-likeness (QED) is 0.897. The molecule has 1 aliphatic rings. The largest absolute Gasteiger partial charge is 0.481 e. The number of carbonyl (C=O) groups excluding carboxylic acids is 1. The summed E-state index contributed by atoms with van der Waals surface area (Å²) < 4.78 is 18.8. The van der Waals surface area contributed by atoms with Gasteiger partial charge in [0.25, 0.3) is 5.91 Å². The van der Waals surface area contributed by atoms with E-state index in [1.165, 1.54) is 13.2 Å². The first-order valence-electron chi connectivity index (χ1n) is 5.80. The van der Waals surface area contributed by atoms with Crippen molar-refractivity contribution in [1.82, 2.24) is 10.3 Å². The molecular formula is C14H11FN2O2. The maximum Gasteiger partial charge on any atom is 0.254 e. The van der Waals surface area contributed by atoms with Crippen molar-refractivity contribution in [3.8, 4) is 17.0 Å². The van der Waals surface area contributed by atoms with Gasteiger partial charge in [0.05, 0.1) is 12.7 Å². The summed E-state index contributed by atoms with van der Waals surface area (Å²) in [5, 5.41) is 2.64. The second kappa shape index (κ2) is 4.35. The Morgan fingerprint density at radius 3 is 3.00 bits per heavy atom. The summed E-state index contributed by atoms with van der Waals surface area (Å²) in [6, 6.07) is 6.55. The second-order valence-electron chi connectivity index (χ2n) is 4.22. The molecule has 19 heavy (non-hydrogen) atoms. The SMILES string of the molecule is COc1cc(-c2ccc(F)c3c2CNC3=O)ccn1. The van der Waals surface area contributed by atoms with Crippen LogP contribution in [-0.2, 0) is 6.54 Å². The van der Waals surface area contributed by atoms with Crippen LogP contribution in [0.25, 0.3) is 11.1 Å². The highest BCUT2D eigenvalue weighted by molar-refractivity contribution is 6.00. The van der Waals surface area contributed by atoms with Crippen molar-refractivity contribution >= 4 is 5.91 Å². The van der Waals surface area contributed by atoms with Crippen LogP contribution in [0.5, 0.6) is 5.88 Å². The summed E-state index contributed by atoms with van der Waals surface area (Å²) >= 11 is 0. The molecule has 1 N–H and O–H groups in total. The molecule has 0 spiro atoms. The Morgan fingerprint density at radius 2 is 2.21 bits per heavy atom. The van der Waals surface area contributed by atoms with Gasteiger partial charge in [0, 0.05) is 18.8 Å². The number of benzene rings is 1. The van der Waals surface area contributed by atoms with E-state index >= 15 is 0 Å². The number of hydrogen-bond donors (Lipinski definition) is 1. The molecule has 0 saturated heterocycles. The number of hydrogen-bond acceptors (Lipinski definition) is 3. The van der Waals surface area contributed by atoms with Gasteiger partial charge in [-0.25, -0.2) is 9.37 Å². The Balaban J connectivity index is 2.19. The van der Waals surface area contributed by atoms with E-state index in [1.54, 1.807) is 24.4 Å². The Hall–Kier alpha value is -2.43. The molecule has 3 rings (SSSR count). The number of fused-ring (bicyclic) bond motifs is 1. The van der Waals surface area contributed by atoms with Crippen LogP contribution in [0.4, 0.5) is 4.39 Å². The normalized spacial score (nSPS) is 13.1. The van der Waals surface area contributed by atoms with E-state index < -0.39 is 5.82 Å². The Bertz CT molecular complexity index is 670. The van der Waals surface area contributed by atoms with E-state index in [4.69, 9.17) is 4.74 Å². The third-order valence-electron chi connectivity index (χ3n) is 3.17. The molecule has 0 atom stereocenters. The zero-order valence-corrected chi connectivity index (χ0v) is 10.2. The molecule has 0 aliphatic carbocycles. The molecular weight excluding hydrogens is 247 g/mol. The molecule has 1 aromatic carbocycles. The molecule has 2 aromatic rings. The van der Waals surface area contributed by atoms with E-state index in [2.05, 4.69) is 10.3 Å². The van der Waals surface area contributed by atoms with E-state index in [9.17, 15) is 9.18 Å². The minimum Gasteiger partial charge on any atom is -0.481 e. The lowest BCUT2D eigenvalue weighted by molar-refractivity contribution is 0.0962. The van der Waals surface area contributed by atoms with Crippen LogP contribution in [0.15, 0.2) is 30.5 Å². The van der Waals surface area contributed by atoms with Gasteiger partial charge in [0.2, 0.25) is 5.88 Å². The minimum absolute atomic E-state index is 0.133. The molecule has 0 radical (unpaired) electrons. The summed E-state index contributed by atoms with van der Waals surface area (Å²) in [6.07, 6.45) is 1.62. The van der Waals surface area contributed by atoms with Gasteiger partial charge >= 0.3 is 0 Å². The molecule has 0 saturated carbocycles. The number of halogens is 1. The van der Waals surface area contributed by atoms with Gasteiger partial charge in [-0.3, -0.25) is 4.79 Å². The molecule has 0 unspecified atom stereocenters. The molecule has 5 heteroatoms. The van der Waals surface area contributed by atoms with Gasteiger partial charge in [-0.1, -0.05) is 6.07 Å². The van der Waals surface area contributed by atoms with Crippen molar-refractivity contribution in [2.24, 2.45) is 0 Å². The summed E-state index contributed by atoms with van der Waals surface area (Å²) in [5.41, 5.74) is 2.47. The maximum atomic E-state index is 13.7. The van der Waals surface area contributed by atoms with Crippen LogP contribution < -0.4 is 10.1 Å². The predicted octanol–water partition coefficient (Wildman–Crippen LogP) is 2.14. The first-order valence-corrected chi connectivity index (χ1v) is 5.80. The highest BCUT2D eigenvalue weighted by Gasteiger charge is 2.26. The van der Waals surface area contributed by atoms with Crippen LogP contribution >= 0.6 is 0 Å². The summed E-state index contributed by atoms with van der Waals surface area (Å²) in [4.78, 5) is 15.6. The number of nitrogens with one attached hydrogen (secondary N) is 1. The molecule has 2 heterocycles. The Kier molecular flexibility index (Phi) is 2.67. The van der Waals surface area contributed by atoms with Crippen LogP contribution in [0.3, 0.4) is 0 Å². The van der Waals surface area contributed by atoms with E-state index in [0.717, 1.165) is 11.1 Å². The van der Waals surface area contributed by atoms with Crippen LogP contribution in [-0.4, -0.2) is 18.0 Å². The standard InChI is InChI=1S/C14H11FN2O2/c1-19-12-6-8(4-5-16-12)9-2-3-11(15)13-10(9)7-17-14(13)18/h2-6H,7H2,1H3,(H,17,18). The lowest BCUT2D eigenvalue weighted by Gasteiger charge is -2.08. The summed E-state index contributed by atoms with van der Waals surface area (Å²) in [7, 11) is 1.53. The molecule has 0 fully saturated rings. The van der Waals surface area contributed by atoms with Crippen molar-refractivity contribution in [3.05, 3.63) is 47.4 Å². The zero-order valence-electron chi connectivity index (χ0n) is 10.2. The summed E-state index contributed by atoms with van der Waals surface area (Å²) in [6.45, 7) is 0.339. The summed E-state index contributed by atoms with van der Waals surface area (Å²) in [5.74, 6) is -0.377. The van der Waals surface area contributed by atoms with Crippen molar-refractivity contribution in [1.29, 1.82) is 0 Å². The number of carbonyl (C=O) groups is 1. The number of pyridine rings is 1. The van der Waals surface area contributed by atoms with E-state index in [0.29, 0.717) is 18.0 Å². The topological polar surface area (TPSA) is 51.2 Å². The lowest BCUT2D eigenvalue weighted by Crippen LogP contribution is -2.13. The highest BCUT2D eigenvalue weighted by Crippen LogP contribution is 2.31. The lowest BCUT2D eigenvalue weighted by atomic mass is 9.97. The van der Waals surface area contributed by atoms with Gasteiger partial charge in [-0.2, -0.15) is 0 Å². The third kappa shape index (κ3) is 1.83. The van der Waals surface area contributed by atoms with Gasteiger partial charge in [-0.05, 0) is 28.8 Å². The number of nitrogens with zero attached hydrogens (tertiary/aromatic N) is 1. The average molecular weight is 258 g/mol. The average Bonchev–Trinajstić information content (AvgIpc) is 2.82. The van der Waals surface area contributed by atoms with Gasteiger partial charge in [0.1, 0.15) is 5.82 Å². The number of aromatic nitrogens is 1. The van der Waals surface area contributed by atoms with E-state index in [1.807, 2.05) is 0 Å². The molecule has 1 aromatic heterocycles.